The minimum Gasteiger partial charge on any atom is -0.490 e. The van der Waals surface area contributed by atoms with Crippen molar-refractivity contribution >= 4 is 22.5 Å². The average molecular weight is 380 g/mol. The van der Waals surface area contributed by atoms with E-state index in [0.29, 0.717) is 48.3 Å². The molecule has 0 fully saturated rings. The number of hydrogen-bond acceptors (Lipinski definition) is 5. The molecule has 1 aromatic heterocycles. The Morgan fingerprint density at radius 1 is 0.929 bits per heavy atom. The number of nitrogens with zero attached hydrogens (tertiary/aromatic N) is 1. The Labute approximate surface area is 164 Å². The van der Waals surface area contributed by atoms with E-state index in [-0.39, 0.29) is 5.91 Å². The van der Waals surface area contributed by atoms with Crippen LogP contribution in [0.1, 0.15) is 31.1 Å². The Kier molecular flexibility index (Phi) is 6.32. The minimum absolute atomic E-state index is 0.256. The van der Waals surface area contributed by atoms with Crippen LogP contribution in [-0.4, -0.2) is 30.7 Å². The van der Waals surface area contributed by atoms with Crippen LogP contribution >= 0.6 is 0 Å². The van der Waals surface area contributed by atoms with Gasteiger partial charge < -0.3 is 19.5 Å². The van der Waals surface area contributed by atoms with Crippen LogP contribution in [-0.2, 0) is 0 Å². The van der Waals surface area contributed by atoms with Crippen LogP contribution in [0.4, 0.5) is 5.69 Å². The maximum atomic E-state index is 12.9. The maximum Gasteiger partial charge on any atom is 0.255 e. The van der Waals surface area contributed by atoms with Gasteiger partial charge in [0.15, 0.2) is 11.5 Å². The van der Waals surface area contributed by atoms with E-state index in [1.54, 1.807) is 18.3 Å². The molecular weight excluding hydrogens is 356 g/mol. The van der Waals surface area contributed by atoms with E-state index >= 15 is 0 Å². The maximum absolute atomic E-state index is 12.9. The summed E-state index contributed by atoms with van der Waals surface area (Å²) in [5, 5.41) is 3.88. The first-order valence-corrected chi connectivity index (χ1v) is 9.38. The Morgan fingerprint density at radius 2 is 1.61 bits per heavy atom. The van der Waals surface area contributed by atoms with Crippen LogP contribution in [0.2, 0.25) is 0 Å². The number of benzene rings is 2. The molecule has 6 heteroatoms. The zero-order chi connectivity index (χ0) is 19.9. The summed E-state index contributed by atoms with van der Waals surface area (Å²) < 4.78 is 17.0. The van der Waals surface area contributed by atoms with Crippen LogP contribution in [0.5, 0.6) is 17.2 Å². The molecule has 0 aliphatic rings. The monoisotopic (exact) mass is 380 g/mol. The predicted octanol–water partition coefficient (Wildman–Crippen LogP) is 4.68. The number of anilines is 1. The standard InChI is InChI=1S/C22H24N2O4/c1-4-26-19-13-16(14-20(27-5-2)21(19)28-6-3)22(25)24-17-9-10-18-15(12-17)8-7-11-23-18/h7-14H,4-6H2,1-3H3,(H,24,25). The van der Waals surface area contributed by atoms with E-state index in [1.807, 2.05) is 51.1 Å². The van der Waals surface area contributed by atoms with E-state index < -0.39 is 0 Å². The summed E-state index contributed by atoms with van der Waals surface area (Å²) in [5.74, 6) is 1.24. The van der Waals surface area contributed by atoms with Gasteiger partial charge in [0.2, 0.25) is 5.75 Å². The minimum atomic E-state index is -0.256. The molecule has 1 amide bonds. The summed E-state index contributed by atoms with van der Waals surface area (Å²) in [4.78, 5) is 17.1. The van der Waals surface area contributed by atoms with Crippen LogP contribution in [0.25, 0.3) is 10.9 Å². The number of nitrogens with one attached hydrogen (secondary N) is 1. The third-order valence-corrected chi connectivity index (χ3v) is 4.03. The highest BCUT2D eigenvalue weighted by atomic mass is 16.5. The van der Waals surface area contributed by atoms with Gasteiger partial charge in [-0.05, 0) is 57.2 Å². The smallest absolute Gasteiger partial charge is 0.255 e. The van der Waals surface area contributed by atoms with Crippen molar-refractivity contribution in [2.75, 3.05) is 25.1 Å². The lowest BCUT2D eigenvalue weighted by atomic mass is 10.1. The van der Waals surface area contributed by atoms with Crippen molar-refractivity contribution in [3.8, 4) is 17.2 Å². The van der Waals surface area contributed by atoms with E-state index in [1.165, 1.54) is 0 Å². The predicted molar refractivity (Wildman–Crippen MR) is 110 cm³/mol. The second-order valence-electron chi connectivity index (χ2n) is 5.97. The molecule has 2 aromatic carbocycles. The zero-order valence-corrected chi connectivity index (χ0v) is 16.3. The quantitative estimate of drug-likeness (QED) is 0.614. The van der Waals surface area contributed by atoms with Crippen molar-refractivity contribution in [1.29, 1.82) is 0 Å². The topological polar surface area (TPSA) is 69.7 Å². The van der Waals surface area contributed by atoms with Crippen LogP contribution < -0.4 is 19.5 Å². The molecule has 1 N–H and O–H groups in total. The molecule has 0 saturated heterocycles. The summed E-state index contributed by atoms with van der Waals surface area (Å²) >= 11 is 0. The number of hydrogen-bond donors (Lipinski definition) is 1. The first-order chi connectivity index (χ1) is 13.7. The third-order valence-electron chi connectivity index (χ3n) is 4.03. The highest BCUT2D eigenvalue weighted by Gasteiger charge is 2.18. The number of rotatable bonds is 8. The molecule has 3 rings (SSSR count). The third kappa shape index (κ3) is 4.34. The van der Waals surface area contributed by atoms with Crippen molar-refractivity contribution in [3.63, 3.8) is 0 Å². The SMILES string of the molecule is CCOc1cc(C(=O)Nc2ccc3ncccc3c2)cc(OCC)c1OCC. The molecule has 28 heavy (non-hydrogen) atoms. The van der Waals surface area contributed by atoms with Crippen molar-refractivity contribution in [1.82, 2.24) is 4.98 Å². The van der Waals surface area contributed by atoms with E-state index in [0.717, 1.165) is 10.9 Å². The number of amides is 1. The van der Waals surface area contributed by atoms with Gasteiger partial charge >= 0.3 is 0 Å². The fourth-order valence-electron chi connectivity index (χ4n) is 2.88. The van der Waals surface area contributed by atoms with Gasteiger partial charge in [-0.25, -0.2) is 0 Å². The summed E-state index contributed by atoms with van der Waals surface area (Å²) in [6.45, 7) is 7.03. The van der Waals surface area contributed by atoms with Crippen LogP contribution in [0, 0.1) is 0 Å². The average Bonchev–Trinajstić information content (AvgIpc) is 2.70. The lowest BCUT2D eigenvalue weighted by molar-refractivity contribution is 0.102. The number of ether oxygens (including phenoxy) is 3. The van der Waals surface area contributed by atoms with E-state index in [4.69, 9.17) is 14.2 Å². The molecule has 0 saturated carbocycles. The fraction of sp³-hybridized carbons (Fsp3) is 0.273. The molecule has 0 radical (unpaired) electrons. The van der Waals surface area contributed by atoms with Gasteiger partial charge in [0, 0.05) is 22.8 Å². The number of fused-ring (bicyclic) bond motifs is 1. The molecular formula is C22H24N2O4. The van der Waals surface area contributed by atoms with Gasteiger partial charge in [-0.15, -0.1) is 0 Å². The zero-order valence-electron chi connectivity index (χ0n) is 16.3. The Bertz CT molecular complexity index is 945. The molecule has 146 valence electrons. The molecule has 0 aliphatic heterocycles. The molecule has 3 aromatic rings. The van der Waals surface area contributed by atoms with E-state index in [9.17, 15) is 4.79 Å². The first kappa shape index (κ1) is 19.5. The summed E-state index contributed by atoms with van der Waals surface area (Å²) in [5.41, 5.74) is 2.00. The molecule has 0 aliphatic carbocycles. The van der Waals surface area contributed by atoms with Gasteiger partial charge in [-0.3, -0.25) is 9.78 Å². The second-order valence-corrected chi connectivity index (χ2v) is 5.97. The first-order valence-electron chi connectivity index (χ1n) is 9.38. The van der Waals surface area contributed by atoms with Crippen molar-refractivity contribution in [2.24, 2.45) is 0 Å². The van der Waals surface area contributed by atoms with Crippen molar-refractivity contribution < 1.29 is 19.0 Å². The normalized spacial score (nSPS) is 10.5. The van der Waals surface area contributed by atoms with Gasteiger partial charge in [0.1, 0.15) is 0 Å². The Hall–Kier alpha value is -3.28. The molecule has 0 unspecified atom stereocenters. The number of carbonyl (C=O) groups is 1. The highest BCUT2D eigenvalue weighted by molar-refractivity contribution is 6.05. The second kappa shape index (κ2) is 9.08. The van der Waals surface area contributed by atoms with Crippen LogP contribution in [0.3, 0.4) is 0 Å². The summed E-state index contributed by atoms with van der Waals surface area (Å²) in [7, 11) is 0. The van der Waals surface area contributed by atoms with Gasteiger partial charge in [-0.2, -0.15) is 0 Å². The largest absolute Gasteiger partial charge is 0.490 e. The molecule has 0 spiro atoms. The Balaban J connectivity index is 1.92. The van der Waals surface area contributed by atoms with Gasteiger partial charge in [0.25, 0.3) is 5.91 Å². The molecule has 0 atom stereocenters. The molecule has 6 nitrogen and oxygen atoms in total. The van der Waals surface area contributed by atoms with Crippen molar-refractivity contribution in [3.05, 3.63) is 54.2 Å². The summed E-state index contributed by atoms with van der Waals surface area (Å²) in [6.07, 6.45) is 1.74. The number of aromatic nitrogens is 1. The molecule has 0 bridgehead atoms. The summed E-state index contributed by atoms with van der Waals surface area (Å²) in [6, 6.07) is 12.8. The number of carbonyl (C=O) groups excluding carboxylic acids is 1. The Morgan fingerprint density at radius 3 is 2.25 bits per heavy atom. The van der Waals surface area contributed by atoms with Crippen LogP contribution in [0.15, 0.2) is 48.7 Å². The lowest BCUT2D eigenvalue weighted by Gasteiger charge is -2.17. The number of pyridine rings is 1. The van der Waals surface area contributed by atoms with Gasteiger partial charge in [-0.1, -0.05) is 6.07 Å². The van der Waals surface area contributed by atoms with Gasteiger partial charge in [0.05, 0.1) is 25.3 Å². The fourth-order valence-corrected chi connectivity index (χ4v) is 2.88. The van der Waals surface area contributed by atoms with E-state index in [2.05, 4.69) is 10.3 Å². The molecule has 1 heterocycles. The lowest BCUT2D eigenvalue weighted by Crippen LogP contribution is -2.13. The van der Waals surface area contributed by atoms with Crippen molar-refractivity contribution in [2.45, 2.75) is 20.8 Å². The highest BCUT2D eigenvalue weighted by Crippen LogP contribution is 2.39.